The van der Waals surface area contributed by atoms with Crippen LogP contribution < -0.4 is 11.5 Å². The number of para-hydroxylation sites is 1. The third kappa shape index (κ3) is 1.38. The Morgan fingerprint density at radius 2 is 2.17 bits per heavy atom. The molecule has 64 valence electrons. The number of carbonyl (C=O) groups is 1. The second-order valence-electron chi connectivity index (χ2n) is 2.37. The van der Waals surface area contributed by atoms with Gasteiger partial charge in [-0.2, -0.15) is 0 Å². The fourth-order valence-corrected chi connectivity index (χ4v) is 0.906. The van der Waals surface area contributed by atoms with Crippen molar-refractivity contribution in [3.63, 3.8) is 0 Å². The zero-order valence-electron chi connectivity index (χ0n) is 6.45. The highest BCUT2D eigenvalue weighted by Crippen LogP contribution is 2.23. The second kappa shape index (κ2) is 3.23. The smallest absolute Gasteiger partial charge is 0.178 e. The van der Waals surface area contributed by atoms with Crippen LogP contribution >= 0.6 is 0 Å². The number of hydrogen-bond donors (Lipinski definition) is 3. The van der Waals surface area contributed by atoms with Gasteiger partial charge in [0.2, 0.25) is 0 Å². The molecule has 4 nitrogen and oxygen atoms in total. The number of ketones is 1. The summed E-state index contributed by atoms with van der Waals surface area (Å²) in [4.78, 5) is 11.1. The second-order valence-corrected chi connectivity index (χ2v) is 2.37. The van der Waals surface area contributed by atoms with E-state index in [1.54, 1.807) is 6.07 Å². The number of benzene rings is 1. The highest BCUT2D eigenvalue weighted by atomic mass is 16.3. The first-order valence-corrected chi connectivity index (χ1v) is 3.47. The summed E-state index contributed by atoms with van der Waals surface area (Å²) in [6, 6.07) is 4.50. The van der Waals surface area contributed by atoms with Gasteiger partial charge in [0.05, 0.1) is 12.2 Å². The Morgan fingerprint density at radius 1 is 1.50 bits per heavy atom. The Morgan fingerprint density at radius 3 is 2.75 bits per heavy atom. The predicted molar refractivity (Wildman–Crippen MR) is 45.9 cm³/mol. The van der Waals surface area contributed by atoms with Crippen molar-refractivity contribution in [2.24, 2.45) is 5.73 Å². The molecule has 0 heterocycles. The van der Waals surface area contributed by atoms with E-state index in [1.807, 2.05) is 0 Å². The van der Waals surface area contributed by atoms with E-state index in [0.29, 0.717) is 0 Å². The summed E-state index contributed by atoms with van der Waals surface area (Å²) in [5, 5.41) is 9.13. The van der Waals surface area contributed by atoms with Gasteiger partial charge in [-0.3, -0.25) is 4.79 Å². The van der Waals surface area contributed by atoms with Crippen molar-refractivity contribution in [3.8, 4) is 5.75 Å². The highest BCUT2D eigenvalue weighted by molar-refractivity contribution is 6.02. The average Bonchev–Trinajstić information content (AvgIpc) is 2.08. The first-order chi connectivity index (χ1) is 5.66. The molecule has 12 heavy (non-hydrogen) atoms. The monoisotopic (exact) mass is 166 g/mol. The number of hydrogen-bond acceptors (Lipinski definition) is 4. The maximum atomic E-state index is 11.1. The van der Waals surface area contributed by atoms with E-state index < -0.39 is 0 Å². The molecule has 0 aliphatic rings. The third-order valence-corrected chi connectivity index (χ3v) is 1.57. The van der Waals surface area contributed by atoms with Crippen LogP contribution in [0.1, 0.15) is 10.4 Å². The van der Waals surface area contributed by atoms with E-state index in [2.05, 4.69) is 0 Å². The van der Waals surface area contributed by atoms with Crippen molar-refractivity contribution in [1.82, 2.24) is 0 Å². The Balaban J connectivity index is 3.16. The number of phenols is 1. The zero-order valence-corrected chi connectivity index (χ0v) is 6.45. The maximum Gasteiger partial charge on any atom is 0.178 e. The lowest BCUT2D eigenvalue weighted by molar-refractivity contribution is 0.100. The summed E-state index contributed by atoms with van der Waals surface area (Å²) < 4.78 is 0. The number of carbonyl (C=O) groups excluding carboxylic acids is 1. The molecule has 1 rings (SSSR count). The third-order valence-electron chi connectivity index (χ3n) is 1.57. The van der Waals surface area contributed by atoms with Crippen LogP contribution in [0, 0.1) is 0 Å². The molecule has 0 amide bonds. The van der Waals surface area contributed by atoms with Crippen molar-refractivity contribution in [2.45, 2.75) is 0 Å². The van der Waals surface area contributed by atoms with E-state index in [-0.39, 0.29) is 29.3 Å². The van der Waals surface area contributed by atoms with E-state index in [1.165, 1.54) is 12.1 Å². The van der Waals surface area contributed by atoms with Gasteiger partial charge >= 0.3 is 0 Å². The van der Waals surface area contributed by atoms with Crippen molar-refractivity contribution in [2.75, 3.05) is 12.3 Å². The Bertz CT molecular complexity index is 310. The van der Waals surface area contributed by atoms with Crippen LogP contribution in [0.2, 0.25) is 0 Å². The minimum Gasteiger partial charge on any atom is -0.506 e. The molecule has 0 saturated carbocycles. The van der Waals surface area contributed by atoms with E-state index in [0.717, 1.165) is 0 Å². The molecule has 0 aromatic heterocycles. The summed E-state index contributed by atoms with van der Waals surface area (Å²) in [5.41, 5.74) is 10.9. The summed E-state index contributed by atoms with van der Waals surface area (Å²) in [6.45, 7) is -0.104. The Kier molecular flexibility index (Phi) is 2.30. The number of aromatic hydroxyl groups is 1. The van der Waals surface area contributed by atoms with Crippen LogP contribution in [0.3, 0.4) is 0 Å². The van der Waals surface area contributed by atoms with Crippen LogP contribution in [0.4, 0.5) is 5.69 Å². The molecular weight excluding hydrogens is 156 g/mol. The van der Waals surface area contributed by atoms with Crippen molar-refractivity contribution in [3.05, 3.63) is 23.8 Å². The van der Waals surface area contributed by atoms with Crippen molar-refractivity contribution < 1.29 is 9.90 Å². The van der Waals surface area contributed by atoms with Gasteiger partial charge in [0.1, 0.15) is 5.75 Å². The fourth-order valence-electron chi connectivity index (χ4n) is 0.906. The molecule has 1 aromatic carbocycles. The lowest BCUT2D eigenvalue weighted by Gasteiger charge is -2.03. The highest BCUT2D eigenvalue weighted by Gasteiger charge is 2.09. The predicted octanol–water partition coefficient (Wildman–Crippen LogP) is 0.116. The van der Waals surface area contributed by atoms with Gasteiger partial charge in [-0.25, -0.2) is 0 Å². The SMILES string of the molecule is NCC(=O)c1cccc(O)c1N. The van der Waals surface area contributed by atoms with Crippen molar-refractivity contribution in [1.29, 1.82) is 0 Å². The fraction of sp³-hybridized carbons (Fsp3) is 0.125. The molecule has 0 spiro atoms. The van der Waals surface area contributed by atoms with Crippen LogP contribution in [-0.2, 0) is 0 Å². The molecule has 0 aliphatic heterocycles. The van der Waals surface area contributed by atoms with Gasteiger partial charge in [-0.05, 0) is 12.1 Å². The average molecular weight is 166 g/mol. The topological polar surface area (TPSA) is 89.3 Å². The molecule has 0 fully saturated rings. The molecule has 4 heteroatoms. The number of nitrogen functional groups attached to an aromatic ring is 1. The van der Waals surface area contributed by atoms with Crippen LogP contribution in [0.5, 0.6) is 5.75 Å². The normalized spacial score (nSPS) is 9.75. The minimum atomic E-state index is -0.275. The summed E-state index contributed by atoms with van der Waals surface area (Å²) in [6.07, 6.45) is 0. The largest absolute Gasteiger partial charge is 0.506 e. The standard InChI is InChI=1S/C8H10N2O2/c9-4-7(12)5-2-1-3-6(11)8(5)10/h1-3,11H,4,9-10H2. The van der Waals surface area contributed by atoms with Gasteiger partial charge in [0.15, 0.2) is 5.78 Å². The molecule has 0 atom stereocenters. The molecule has 0 bridgehead atoms. The lowest BCUT2D eigenvalue weighted by atomic mass is 10.1. The quantitative estimate of drug-likeness (QED) is 0.330. The minimum absolute atomic E-state index is 0.0886. The molecular formula is C8H10N2O2. The Hall–Kier alpha value is -1.55. The van der Waals surface area contributed by atoms with Gasteiger partial charge < -0.3 is 16.6 Å². The molecule has 0 saturated heterocycles. The van der Waals surface area contributed by atoms with Crippen molar-refractivity contribution >= 4 is 11.5 Å². The van der Waals surface area contributed by atoms with Gasteiger partial charge in [0.25, 0.3) is 0 Å². The summed E-state index contributed by atoms with van der Waals surface area (Å²) >= 11 is 0. The molecule has 0 aliphatic carbocycles. The van der Waals surface area contributed by atoms with Gasteiger partial charge in [-0.1, -0.05) is 6.07 Å². The lowest BCUT2D eigenvalue weighted by Crippen LogP contribution is -2.15. The number of Topliss-reactive ketones (excluding diaryl/α,β-unsaturated/α-hetero) is 1. The Labute approximate surface area is 69.8 Å². The van der Waals surface area contributed by atoms with E-state index in [9.17, 15) is 4.79 Å². The summed E-state index contributed by atoms with van der Waals surface area (Å²) in [7, 11) is 0. The maximum absolute atomic E-state index is 11.1. The van der Waals surface area contributed by atoms with Gasteiger partial charge in [-0.15, -0.1) is 0 Å². The van der Waals surface area contributed by atoms with Crippen LogP contribution in [-0.4, -0.2) is 17.4 Å². The molecule has 0 radical (unpaired) electrons. The number of phenolic OH excluding ortho intramolecular Hbond substituents is 1. The van der Waals surface area contributed by atoms with Crippen LogP contribution in [0.25, 0.3) is 0 Å². The number of anilines is 1. The number of nitrogens with two attached hydrogens (primary N) is 2. The van der Waals surface area contributed by atoms with E-state index >= 15 is 0 Å². The summed E-state index contributed by atoms with van der Waals surface area (Å²) in [5.74, 6) is -0.363. The number of rotatable bonds is 2. The molecule has 1 aromatic rings. The first-order valence-electron chi connectivity index (χ1n) is 3.47. The zero-order chi connectivity index (χ0) is 9.14. The van der Waals surface area contributed by atoms with Crippen LogP contribution in [0.15, 0.2) is 18.2 Å². The molecule has 5 N–H and O–H groups in total. The first kappa shape index (κ1) is 8.55. The van der Waals surface area contributed by atoms with Gasteiger partial charge in [0, 0.05) is 5.56 Å². The van der Waals surface area contributed by atoms with E-state index in [4.69, 9.17) is 16.6 Å². The molecule has 0 unspecified atom stereocenters.